The second-order valence-electron chi connectivity index (χ2n) is 5.88. The summed E-state index contributed by atoms with van der Waals surface area (Å²) < 4.78 is 0. The summed E-state index contributed by atoms with van der Waals surface area (Å²) in [5.41, 5.74) is -0.380. The van der Waals surface area contributed by atoms with Crippen LogP contribution in [0.1, 0.15) is 91.9 Å². The molecule has 0 fully saturated rings. The fourth-order valence-corrected chi connectivity index (χ4v) is 1.66. The van der Waals surface area contributed by atoms with Gasteiger partial charge in [0.1, 0.15) is 5.60 Å². The molecular formula is C16H32O3. The van der Waals surface area contributed by atoms with Crippen molar-refractivity contribution in [2.45, 2.75) is 97.5 Å². The first-order valence-corrected chi connectivity index (χ1v) is 7.90. The quantitative estimate of drug-likeness (QED) is 0.279. The minimum atomic E-state index is -0.380. The zero-order chi connectivity index (χ0) is 14.6. The molecule has 0 unspecified atom stereocenters. The van der Waals surface area contributed by atoms with E-state index < -0.39 is 0 Å². The molecular weight excluding hydrogens is 240 g/mol. The highest BCUT2D eigenvalue weighted by Gasteiger charge is 2.19. The smallest absolute Gasteiger partial charge is 0.298 e. The summed E-state index contributed by atoms with van der Waals surface area (Å²) in [6, 6.07) is 0. The van der Waals surface area contributed by atoms with Crippen molar-refractivity contribution < 1.29 is 14.6 Å². The zero-order valence-electron chi connectivity index (χ0n) is 13.3. The minimum absolute atomic E-state index is 0.243. The molecule has 0 heterocycles. The van der Waals surface area contributed by atoms with Crippen molar-refractivity contribution in [3.63, 3.8) is 0 Å². The lowest BCUT2D eigenvalue weighted by atomic mass is 10.1. The molecule has 0 aliphatic carbocycles. The van der Waals surface area contributed by atoms with E-state index >= 15 is 0 Å². The van der Waals surface area contributed by atoms with Crippen molar-refractivity contribution in [3.05, 3.63) is 0 Å². The molecule has 0 radical (unpaired) electrons. The molecule has 3 nitrogen and oxygen atoms in total. The summed E-state index contributed by atoms with van der Waals surface area (Å²) in [4.78, 5) is 21.4. The van der Waals surface area contributed by atoms with Crippen LogP contribution < -0.4 is 0 Å². The summed E-state index contributed by atoms with van der Waals surface area (Å²) in [6.45, 7) is 8.06. The van der Waals surface area contributed by atoms with E-state index in [1.807, 2.05) is 20.8 Å². The van der Waals surface area contributed by atoms with Crippen molar-refractivity contribution in [3.8, 4) is 0 Å². The molecule has 0 aromatic rings. The first-order valence-electron chi connectivity index (χ1n) is 7.90. The van der Waals surface area contributed by atoms with Crippen LogP contribution in [0.2, 0.25) is 0 Å². The van der Waals surface area contributed by atoms with Gasteiger partial charge in [-0.15, -0.1) is 0 Å². The Morgan fingerprint density at radius 2 is 1.42 bits per heavy atom. The van der Waals surface area contributed by atoms with Gasteiger partial charge in [-0.2, -0.15) is 4.89 Å². The maximum Gasteiger partial charge on any atom is 0.342 e. The maximum absolute atomic E-state index is 11.4. The van der Waals surface area contributed by atoms with Crippen LogP contribution in [0.4, 0.5) is 0 Å². The Labute approximate surface area is 119 Å². The Bertz CT molecular complexity index is 224. The van der Waals surface area contributed by atoms with Crippen LogP contribution >= 0.6 is 0 Å². The molecule has 0 aromatic heterocycles. The first-order chi connectivity index (χ1) is 9.02. The van der Waals surface area contributed by atoms with Crippen LogP contribution in [-0.4, -0.2) is 11.6 Å². The van der Waals surface area contributed by atoms with E-state index in [-0.39, 0.29) is 11.6 Å². The van der Waals surface area contributed by atoms with Gasteiger partial charge in [0, 0.05) is 6.42 Å². The van der Waals surface area contributed by atoms with Gasteiger partial charge in [-0.05, 0) is 26.7 Å². The molecule has 0 aliphatic rings. The van der Waals surface area contributed by atoms with Crippen LogP contribution in [0.3, 0.4) is 0 Å². The Hall–Kier alpha value is -0.570. The van der Waals surface area contributed by atoms with Crippen molar-refractivity contribution in [1.82, 2.24) is 0 Å². The highest BCUT2D eigenvalue weighted by Crippen LogP contribution is 2.15. The van der Waals surface area contributed by atoms with Gasteiger partial charge in [-0.25, -0.2) is 4.79 Å². The van der Waals surface area contributed by atoms with Crippen LogP contribution in [0, 0.1) is 0 Å². The van der Waals surface area contributed by atoms with E-state index in [4.69, 9.17) is 9.78 Å². The zero-order valence-corrected chi connectivity index (χ0v) is 13.3. The molecule has 114 valence electrons. The minimum Gasteiger partial charge on any atom is -0.298 e. The second-order valence-corrected chi connectivity index (χ2v) is 5.88. The summed E-state index contributed by atoms with van der Waals surface area (Å²) in [5, 5.41) is 0. The van der Waals surface area contributed by atoms with Crippen molar-refractivity contribution in [2.75, 3.05) is 0 Å². The topological polar surface area (TPSA) is 35.5 Å². The van der Waals surface area contributed by atoms with Gasteiger partial charge in [-0.1, -0.05) is 58.8 Å². The number of hydrogen-bond donors (Lipinski definition) is 0. The lowest BCUT2D eigenvalue weighted by Gasteiger charge is -2.20. The Kier molecular flexibility index (Phi) is 10.9. The molecule has 0 rings (SSSR count). The fraction of sp³-hybridized carbons (Fsp3) is 0.938. The van der Waals surface area contributed by atoms with Gasteiger partial charge in [0.25, 0.3) is 0 Å². The molecule has 0 saturated carbocycles. The molecule has 0 amide bonds. The Morgan fingerprint density at radius 3 is 1.95 bits per heavy atom. The highest BCUT2D eigenvalue weighted by molar-refractivity contribution is 5.68. The summed E-state index contributed by atoms with van der Waals surface area (Å²) >= 11 is 0. The number of carbonyl (C=O) groups is 1. The third-order valence-corrected chi connectivity index (χ3v) is 3.45. The Morgan fingerprint density at radius 1 is 0.895 bits per heavy atom. The second kappa shape index (κ2) is 11.3. The average molecular weight is 272 g/mol. The standard InChI is InChI=1S/C16H32O3/c1-5-7-8-9-10-11-12-13-14-15(17)18-19-16(3,4)6-2/h5-14H2,1-4H3. The normalized spacial score (nSPS) is 11.6. The molecule has 19 heavy (non-hydrogen) atoms. The van der Waals surface area contributed by atoms with E-state index in [0.717, 1.165) is 19.3 Å². The molecule has 0 N–H and O–H groups in total. The van der Waals surface area contributed by atoms with Gasteiger partial charge in [0.15, 0.2) is 0 Å². The average Bonchev–Trinajstić information content (AvgIpc) is 2.39. The molecule has 0 aromatic carbocycles. The van der Waals surface area contributed by atoms with Crippen LogP contribution in [-0.2, 0) is 14.6 Å². The predicted octanol–water partition coefficient (Wildman–Crippen LogP) is 5.18. The van der Waals surface area contributed by atoms with E-state index in [1.165, 1.54) is 38.5 Å². The lowest BCUT2D eigenvalue weighted by Crippen LogP contribution is -2.25. The molecule has 3 heteroatoms. The van der Waals surface area contributed by atoms with Gasteiger partial charge in [-0.3, -0.25) is 4.89 Å². The van der Waals surface area contributed by atoms with E-state index in [1.54, 1.807) is 0 Å². The summed E-state index contributed by atoms with van der Waals surface area (Å²) in [6.07, 6.45) is 11.1. The van der Waals surface area contributed by atoms with Gasteiger partial charge in [0.2, 0.25) is 0 Å². The predicted molar refractivity (Wildman–Crippen MR) is 78.8 cm³/mol. The Balaban J connectivity index is 3.34. The van der Waals surface area contributed by atoms with Crippen LogP contribution in [0.5, 0.6) is 0 Å². The van der Waals surface area contributed by atoms with Gasteiger partial charge >= 0.3 is 5.97 Å². The molecule has 0 aliphatic heterocycles. The monoisotopic (exact) mass is 272 g/mol. The van der Waals surface area contributed by atoms with E-state index in [2.05, 4.69) is 6.92 Å². The molecule has 0 saturated heterocycles. The summed E-state index contributed by atoms with van der Waals surface area (Å²) in [7, 11) is 0. The largest absolute Gasteiger partial charge is 0.342 e. The third-order valence-electron chi connectivity index (χ3n) is 3.45. The lowest BCUT2D eigenvalue weighted by molar-refractivity contribution is -0.325. The number of rotatable bonds is 12. The van der Waals surface area contributed by atoms with Gasteiger partial charge in [0.05, 0.1) is 0 Å². The third kappa shape index (κ3) is 12.2. The van der Waals surface area contributed by atoms with E-state index in [0.29, 0.717) is 6.42 Å². The molecule has 0 atom stereocenters. The fourth-order valence-electron chi connectivity index (χ4n) is 1.66. The van der Waals surface area contributed by atoms with Crippen molar-refractivity contribution >= 4 is 5.97 Å². The SMILES string of the molecule is CCCCCCCCCCC(=O)OOC(C)(C)CC. The van der Waals surface area contributed by atoms with Gasteiger partial charge < -0.3 is 0 Å². The van der Waals surface area contributed by atoms with Crippen molar-refractivity contribution in [1.29, 1.82) is 0 Å². The number of hydrogen-bond acceptors (Lipinski definition) is 3. The summed E-state index contributed by atoms with van der Waals surface area (Å²) in [5.74, 6) is -0.243. The van der Waals surface area contributed by atoms with Crippen LogP contribution in [0.25, 0.3) is 0 Å². The number of unbranched alkanes of at least 4 members (excludes halogenated alkanes) is 7. The van der Waals surface area contributed by atoms with Crippen molar-refractivity contribution in [2.24, 2.45) is 0 Å². The van der Waals surface area contributed by atoms with Crippen LogP contribution in [0.15, 0.2) is 0 Å². The number of carbonyl (C=O) groups excluding carboxylic acids is 1. The first kappa shape index (κ1) is 18.4. The molecule has 0 spiro atoms. The van der Waals surface area contributed by atoms with E-state index in [9.17, 15) is 4.79 Å². The molecule has 0 bridgehead atoms. The maximum atomic E-state index is 11.4. The highest BCUT2D eigenvalue weighted by atomic mass is 17.2.